The molecule has 3 N–H and O–H groups in total. The second kappa shape index (κ2) is 8.22. The average Bonchev–Trinajstić information content (AvgIpc) is 2.39. The molecule has 1 atom stereocenters. The summed E-state index contributed by atoms with van der Waals surface area (Å²) in [7, 11) is 1.55. The Balaban J connectivity index is 2.40. The lowest BCUT2D eigenvalue weighted by molar-refractivity contribution is 0.406. The molecule has 0 fully saturated rings. The van der Waals surface area contributed by atoms with Crippen molar-refractivity contribution in [2.75, 3.05) is 20.2 Å². The first-order chi connectivity index (χ1) is 9.52. The maximum atomic E-state index is 9.74. The van der Waals surface area contributed by atoms with Crippen LogP contribution in [-0.4, -0.2) is 42.7 Å². The lowest BCUT2D eigenvalue weighted by Gasteiger charge is -2.08. The monoisotopic (exact) mass is 278 g/mol. The van der Waals surface area contributed by atoms with Crippen molar-refractivity contribution < 1.29 is 14.9 Å². The van der Waals surface area contributed by atoms with Gasteiger partial charge < -0.3 is 20.3 Å². The molecule has 0 heterocycles. The van der Waals surface area contributed by atoms with Gasteiger partial charge in [-0.3, -0.25) is 4.99 Å². The van der Waals surface area contributed by atoms with E-state index in [4.69, 9.17) is 9.84 Å². The van der Waals surface area contributed by atoms with Gasteiger partial charge in [0.05, 0.1) is 19.4 Å². The van der Waals surface area contributed by atoms with E-state index in [-0.39, 0.29) is 11.8 Å². The molecular weight excluding hydrogens is 256 g/mol. The Kier molecular flexibility index (Phi) is 6.59. The lowest BCUT2D eigenvalue weighted by Crippen LogP contribution is -2.26. The van der Waals surface area contributed by atoms with E-state index in [9.17, 15) is 5.11 Å². The molecule has 0 bridgehead atoms. The number of methoxy groups -OCH3 is 1. The summed E-state index contributed by atoms with van der Waals surface area (Å²) in [4.78, 5) is 4.24. The Hall–Kier alpha value is -2.01. The highest BCUT2D eigenvalue weighted by Gasteiger charge is 2.00. The predicted octanol–water partition coefficient (Wildman–Crippen LogP) is 2.26. The zero-order valence-electron chi connectivity index (χ0n) is 12.1. The SMILES string of the molecule is COc1ccc(C=NCCNC(C)/C=C(/C)O)c(O)c1. The minimum Gasteiger partial charge on any atom is -0.513 e. The van der Waals surface area contributed by atoms with Crippen molar-refractivity contribution in [3.63, 3.8) is 0 Å². The molecule has 0 amide bonds. The zero-order valence-corrected chi connectivity index (χ0v) is 12.1. The van der Waals surface area contributed by atoms with E-state index >= 15 is 0 Å². The number of rotatable bonds is 7. The highest BCUT2D eigenvalue weighted by atomic mass is 16.5. The number of aromatic hydroxyl groups is 1. The van der Waals surface area contributed by atoms with Gasteiger partial charge in [0.15, 0.2) is 0 Å². The van der Waals surface area contributed by atoms with Crippen LogP contribution in [0, 0.1) is 0 Å². The number of hydrogen-bond acceptors (Lipinski definition) is 5. The van der Waals surface area contributed by atoms with E-state index in [0.717, 1.165) is 0 Å². The van der Waals surface area contributed by atoms with Crippen LogP contribution in [0.5, 0.6) is 11.5 Å². The fourth-order valence-corrected chi connectivity index (χ4v) is 1.70. The summed E-state index contributed by atoms with van der Waals surface area (Å²) in [5.74, 6) is 1.06. The molecule has 0 aliphatic heterocycles. The number of aliphatic imine (C=N–C) groups is 1. The molecule has 5 heteroatoms. The number of ether oxygens (including phenoxy) is 1. The van der Waals surface area contributed by atoms with Gasteiger partial charge in [0.1, 0.15) is 11.5 Å². The molecule has 0 saturated carbocycles. The van der Waals surface area contributed by atoms with E-state index in [1.54, 1.807) is 44.5 Å². The summed E-state index contributed by atoms with van der Waals surface area (Å²) in [6.45, 7) is 4.88. The first kappa shape index (κ1) is 16.0. The predicted molar refractivity (Wildman–Crippen MR) is 81.0 cm³/mol. The quantitative estimate of drug-likeness (QED) is 0.406. The van der Waals surface area contributed by atoms with Gasteiger partial charge in [-0.15, -0.1) is 0 Å². The third-order valence-corrected chi connectivity index (χ3v) is 2.67. The van der Waals surface area contributed by atoms with Crippen molar-refractivity contribution in [3.05, 3.63) is 35.6 Å². The summed E-state index contributed by atoms with van der Waals surface area (Å²) in [5, 5.41) is 22.0. The van der Waals surface area contributed by atoms with Gasteiger partial charge in [-0.1, -0.05) is 0 Å². The van der Waals surface area contributed by atoms with Gasteiger partial charge >= 0.3 is 0 Å². The van der Waals surface area contributed by atoms with Crippen LogP contribution < -0.4 is 10.1 Å². The topological polar surface area (TPSA) is 74.1 Å². The molecule has 110 valence electrons. The van der Waals surface area contributed by atoms with Crippen LogP contribution in [0.2, 0.25) is 0 Å². The Morgan fingerprint density at radius 1 is 1.50 bits per heavy atom. The largest absolute Gasteiger partial charge is 0.513 e. The number of phenols is 1. The van der Waals surface area contributed by atoms with Crippen molar-refractivity contribution >= 4 is 6.21 Å². The Morgan fingerprint density at radius 3 is 2.85 bits per heavy atom. The maximum Gasteiger partial charge on any atom is 0.128 e. The number of aliphatic hydroxyl groups is 1. The van der Waals surface area contributed by atoms with Crippen LogP contribution in [0.1, 0.15) is 19.4 Å². The summed E-state index contributed by atoms with van der Waals surface area (Å²) >= 11 is 0. The van der Waals surface area contributed by atoms with Crippen LogP contribution in [-0.2, 0) is 0 Å². The highest BCUT2D eigenvalue weighted by Crippen LogP contribution is 2.21. The molecular formula is C15H22N2O3. The van der Waals surface area contributed by atoms with Crippen LogP contribution >= 0.6 is 0 Å². The van der Waals surface area contributed by atoms with E-state index in [0.29, 0.717) is 30.2 Å². The standard InChI is InChI=1S/C15H22N2O3/c1-11(8-12(2)18)17-7-6-16-10-13-4-5-14(20-3)9-15(13)19/h4-5,8-11,17-19H,6-7H2,1-3H3/b12-8-,16-10?. The van der Waals surface area contributed by atoms with Gasteiger partial charge in [0.25, 0.3) is 0 Å². The van der Waals surface area contributed by atoms with Crippen LogP contribution in [0.15, 0.2) is 35.0 Å². The molecule has 0 radical (unpaired) electrons. The van der Waals surface area contributed by atoms with Gasteiger partial charge in [0.2, 0.25) is 0 Å². The molecule has 0 saturated heterocycles. The van der Waals surface area contributed by atoms with Crippen molar-refractivity contribution in [2.24, 2.45) is 4.99 Å². The van der Waals surface area contributed by atoms with Gasteiger partial charge in [-0.05, 0) is 32.1 Å². The van der Waals surface area contributed by atoms with E-state index < -0.39 is 0 Å². The second-order valence-electron chi connectivity index (χ2n) is 4.51. The molecule has 5 nitrogen and oxygen atoms in total. The summed E-state index contributed by atoms with van der Waals surface area (Å²) < 4.78 is 5.01. The van der Waals surface area contributed by atoms with Gasteiger partial charge in [-0.25, -0.2) is 0 Å². The Labute approximate surface area is 119 Å². The van der Waals surface area contributed by atoms with E-state index in [1.165, 1.54) is 0 Å². The molecule has 0 aliphatic carbocycles. The fourth-order valence-electron chi connectivity index (χ4n) is 1.70. The lowest BCUT2D eigenvalue weighted by atomic mass is 10.2. The molecule has 1 aromatic carbocycles. The first-order valence-corrected chi connectivity index (χ1v) is 6.50. The maximum absolute atomic E-state index is 9.74. The average molecular weight is 278 g/mol. The van der Waals surface area contributed by atoms with Crippen LogP contribution in [0.4, 0.5) is 0 Å². The number of nitrogens with zero attached hydrogens (tertiary/aromatic N) is 1. The molecule has 1 rings (SSSR count). The van der Waals surface area contributed by atoms with Crippen LogP contribution in [0.25, 0.3) is 0 Å². The number of phenolic OH excluding ortho intramolecular Hbond substituents is 1. The minimum absolute atomic E-state index is 0.101. The van der Waals surface area contributed by atoms with Gasteiger partial charge in [-0.2, -0.15) is 0 Å². The molecule has 20 heavy (non-hydrogen) atoms. The Bertz CT molecular complexity index is 480. The van der Waals surface area contributed by atoms with E-state index in [2.05, 4.69) is 10.3 Å². The molecule has 1 unspecified atom stereocenters. The number of hydrogen-bond donors (Lipinski definition) is 3. The molecule has 0 aliphatic rings. The fraction of sp³-hybridized carbons (Fsp3) is 0.400. The first-order valence-electron chi connectivity index (χ1n) is 6.50. The van der Waals surface area contributed by atoms with Crippen molar-refractivity contribution in [2.45, 2.75) is 19.9 Å². The third kappa shape index (κ3) is 5.75. The zero-order chi connectivity index (χ0) is 15.0. The number of nitrogens with one attached hydrogen (secondary N) is 1. The van der Waals surface area contributed by atoms with Crippen molar-refractivity contribution in [3.8, 4) is 11.5 Å². The number of allylic oxidation sites excluding steroid dienone is 1. The number of aliphatic hydroxyl groups excluding tert-OH is 1. The Morgan fingerprint density at radius 2 is 2.25 bits per heavy atom. The van der Waals surface area contributed by atoms with E-state index in [1.807, 2.05) is 6.92 Å². The summed E-state index contributed by atoms with van der Waals surface area (Å²) in [6.07, 6.45) is 3.37. The minimum atomic E-state index is 0.101. The smallest absolute Gasteiger partial charge is 0.128 e. The third-order valence-electron chi connectivity index (χ3n) is 2.67. The van der Waals surface area contributed by atoms with Crippen LogP contribution in [0.3, 0.4) is 0 Å². The van der Waals surface area contributed by atoms with Gasteiger partial charge in [0, 0.05) is 30.4 Å². The van der Waals surface area contributed by atoms with Crippen molar-refractivity contribution in [1.29, 1.82) is 0 Å². The second-order valence-corrected chi connectivity index (χ2v) is 4.51. The van der Waals surface area contributed by atoms with Crippen molar-refractivity contribution in [1.82, 2.24) is 5.32 Å². The molecule has 0 aromatic heterocycles. The normalized spacial score (nSPS) is 13.7. The molecule has 1 aromatic rings. The molecule has 0 spiro atoms. The summed E-state index contributed by atoms with van der Waals surface area (Å²) in [5.41, 5.74) is 0.657. The highest BCUT2D eigenvalue weighted by molar-refractivity contribution is 5.83. The number of benzene rings is 1. The summed E-state index contributed by atoms with van der Waals surface area (Å²) in [6, 6.07) is 5.18.